The first-order chi connectivity index (χ1) is 17.5. The van der Waals surface area contributed by atoms with Crippen molar-refractivity contribution >= 4 is 28.4 Å². The summed E-state index contributed by atoms with van der Waals surface area (Å²) in [5.74, 6) is -0.768. The van der Waals surface area contributed by atoms with Crippen LogP contribution in [0.5, 0.6) is 5.75 Å². The highest BCUT2D eigenvalue weighted by atomic mass is 16.5. The third-order valence-corrected chi connectivity index (χ3v) is 6.65. The van der Waals surface area contributed by atoms with Crippen molar-refractivity contribution in [1.29, 1.82) is 0 Å². The zero-order valence-corrected chi connectivity index (χ0v) is 21.2. The summed E-state index contributed by atoms with van der Waals surface area (Å²) in [4.78, 5) is 28.0. The largest absolute Gasteiger partial charge is 0.507 e. The number of benzene rings is 2. The lowest BCUT2D eigenvalue weighted by atomic mass is 9.95. The van der Waals surface area contributed by atoms with Crippen molar-refractivity contribution in [2.45, 2.75) is 38.6 Å². The number of hydrogen-bond donors (Lipinski definition) is 1. The molecule has 1 fully saturated rings. The Hall–Kier alpha value is -3.58. The first kappa shape index (κ1) is 25.5. The molecule has 1 amide bonds. The van der Waals surface area contributed by atoms with E-state index in [-0.39, 0.29) is 11.3 Å². The quantitative estimate of drug-likeness (QED) is 0.173. The van der Waals surface area contributed by atoms with Crippen LogP contribution in [0.25, 0.3) is 16.7 Å². The van der Waals surface area contributed by atoms with Gasteiger partial charge in [0.25, 0.3) is 11.7 Å². The lowest BCUT2D eigenvalue weighted by Crippen LogP contribution is -2.31. The number of amides is 1. The van der Waals surface area contributed by atoms with Gasteiger partial charge >= 0.3 is 0 Å². The Morgan fingerprint density at radius 2 is 1.75 bits per heavy atom. The second kappa shape index (κ2) is 11.4. The maximum atomic E-state index is 13.3. The smallest absolute Gasteiger partial charge is 0.295 e. The van der Waals surface area contributed by atoms with E-state index in [0.717, 1.165) is 35.7 Å². The number of carbonyl (C=O) groups is 2. The van der Waals surface area contributed by atoms with Crippen LogP contribution in [0.15, 0.2) is 60.3 Å². The predicted molar refractivity (Wildman–Crippen MR) is 140 cm³/mol. The Bertz CT molecular complexity index is 1260. The van der Waals surface area contributed by atoms with Gasteiger partial charge in [-0.2, -0.15) is 0 Å². The summed E-state index contributed by atoms with van der Waals surface area (Å²) in [7, 11) is 3.54. The van der Waals surface area contributed by atoms with Crippen molar-refractivity contribution in [2.75, 3.05) is 26.9 Å². The fourth-order valence-corrected chi connectivity index (χ4v) is 4.81. The maximum Gasteiger partial charge on any atom is 0.295 e. The molecule has 0 bridgehead atoms. The van der Waals surface area contributed by atoms with Crippen molar-refractivity contribution < 1.29 is 24.2 Å². The molecule has 1 aliphatic rings. The highest BCUT2D eigenvalue weighted by molar-refractivity contribution is 6.46. The summed E-state index contributed by atoms with van der Waals surface area (Å²) in [6.07, 6.45) is 5.73. The van der Waals surface area contributed by atoms with E-state index in [0.29, 0.717) is 37.5 Å². The number of likely N-dealkylation sites (tertiary alicyclic amines) is 1. The second-order valence-electron chi connectivity index (χ2n) is 9.13. The number of para-hydroxylation sites is 1. The van der Waals surface area contributed by atoms with Crippen molar-refractivity contribution in [3.63, 3.8) is 0 Å². The van der Waals surface area contributed by atoms with Gasteiger partial charge in [0, 0.05) is 55.5 Å². The molecule has 0 spiro atoms. The van der Waals surface area contributed by atoms with Crippen LogP contribution < -0.4 is 4.74 Å². The summed E-state index contributed by atoms with van der Waals surface area (Å²) < 4.78 is 12.9. The molecule has 190 valence electrons. The monoisotopic (exact) mass is 490 g/mol. The van der Waals surface area contributed by atoms with Crippen LogP contribution in [-0.4, -0.2) is 53.1 Å². The van der Waals surface area contributed by atoms with Crippen molar-refractivity contribution in [3.8, 4) is 5.75 Å². The summed E-state index contributed by atoms with van der Waals surface area (Å²) in [5, 5.41) is 12.3. The first-order valence-electron chi connectivity index (χ1n) is 12.5. The van der Waals surface area contributed by atoms with Gasteiger partial charge in [0.15, 0.2) is 0 Å². The molecule has 3 aromatic rings. The number of Topliss-reactive ketones (excluding diaryl/α,β-unsaturated/α-hetero) is 1. The van der Waals surface area contributed by atoms with E-state index in [4.69, 9.17) is 9.47 Å². The van der Waals surface area contributed by atoms with E-state index in [1.807, 2.05) is 42.1 Å². The molecule has 1 saturated heterocycles. The number of aliphatic hydroxyl groups is 1. The number of unbranched alkanes of at least 4 members (excludes halogenated alkanes) is 2. The van der Waals surface area contributed by atoms with Crippen molar-refractivity contribution in [1.82, 2.24) is 9.47 Å². The van der Waals surface area contributed by atoms with Gasteiger partial charge in [-0.05, 0) is 43.2 Å². The Morgan fingerprint density at radius 1 is 1.00 bits per heavy atom. The summed E-state index contributed by atoms with van der Waals surface area (Å²) in [5.41, 5.74) is 2.36. The zero-order chi connectivity index (χ0) is 25.7. The van der Waals surface area contributed by atoms with Crippen LogP contribution in [0.1, 0.15) is 49.8 Å². The molecule has 1 aliphatic heterocycles. The molecule has 1 N–H and O–H groups in total. The number of ether oxygens (including phenoxy) is 2. The average molecular weight is 491 g/mol. The lowest BCUT2D eigenvalue weighted by molar-refractivity contribution is -0.140. The fourth-order valence-electron chi connectivity index (χ4n) is 4.81. The Labute approximate surface area is 211 Å². The standard InChI is InChI=1S/C29H34N2O5/c1-4-5-8-18-36-21-14-12-20(13-15-21)27(32)25-26(31(16-9-17-35-3)29(34)28(25)33)23-19-30(2)24-11-7-6-10-22(23)24/h6-7,10-15,19,26,32H,4-5,8-9,16-18H2,1-3H3/b27-25+. The Balaban J connectivity index is 1.74. The Kier molecular flexibility index (Phi) is 8.10. The summed E-state index contributed by atoms with van der Waals surface area (Å²) in [6.45, 7) is 3.58. The van der Waals surface area contributed by atoms with Crippen LogP contribution >= 0.6 is 0 Å². The number of aliphatic hydroxyl groups excluding tert-OH is 1. The van der Waals surface area contributed by atoms with E-state index >= 15 is 0 Å². The number of hydrogen-bond acceptors (Lipinski definition) is 5. The number of aromatic nitrogens is 1. The minimum Gasteiger partial charge on any atom is -0.507 e. The number of ketones is 1. The number of fused-ring (bicyclic) bond motifs is 1. The van der Waals surface area contributed by atoms with Crippen LogP contribution in [0.2, 0.25) is 0 Å². The van der Waals surface area contributed by atoms with Gasteiger partial charge in [-0.1, -0.05) is 38.0 Å². The zero-order valence-electron chi connectivity index (χ0n) is 21.2. The fraction of sp³-hybridized carbons (Fsp3) is 0.379. The van der Waals surface area contributed by atoms with Crippen molar-refractivity contribution in [3.05, 3.63) is 71.4 Å². The third-order valence-electron chi connectivity index (χ3n) is 6.65. The van der Waals surface area contributed by atoms with Gasteiger partial charge in [-0.25, -0.2) is 0 Å². The molecule has 1 aromatic heterocycles. The highest BCUT2D eigenvalue weighted by Crippen LogP contribution is 2.42. The minimum atomic E-state index is -0.696. The third kappa shape index (κ3) is 5.02. The van der Waals surface area contributed by atoms with Crippen molar-refractivity contribution in [2.24, 2.45) is 7.05 Å². The van der Waals surface area contributed by atoms with E-state index in [1.54, 1.807) is 36.3 Å². The number of rotatable bonds is 11. The molecule has 2 heterocycles. The molecule has 7 nitrogen and oxygen atoms in total. The molecule has 0 radical (unpaired) electrons. The van der Waals surface area contributed by atoms with Crippen LogP contribution in [0.3, 0.4) is 0 Å². The van der Waals surface area contributed by atoms with Gasteiger partial charge in [-0.15, -0.1) is 0 Å². The molecule has 4 rings (SSSR count). The highest BCUT2D eigenvalue weighted by Gasteiger charge is 2.46. The predicted octanol–water partition coefficient (Wildman–Crippen LogP) is 5.21. The molecule has 2 aromatic carbocycles. The number of nitrogens with zero attached hydrogens (tertiary/aromatic N) is 2. The molecule has 0 aliphatic carbocycles. The van der Waals surface area contributed by atoms with Crippen LogP contribution in [-0.2, 0) is 21.4 Å². The first-order valence-corrected chi connectivity index (χ1v) is 12.5. The molecule has 1 atom stereocenters. The molecular weight excluding hydrogens is 456 g/mol. The average Bonchev–Trinajstić information content (AvgIpc) is 3.35. The lowest BCUT2D eigenvalue weighted by Gasteiger charge is -2.24. The van der Waals surface area contributed by atoms with Gasteiger partial charge < -0.3 is 24.0 Å². The number of aryl methyl sites for hydroxylation is 1. The number of carbonyl (C=O) groups excluding carboxylic acids is 2. The van der Waals surface area contributed by atoms with Crippen LogP contribution in [0, 0.1) is 0 Å². The molecule has 7 heteroatoms. The van der Waals surface area contributed by atoms with Gasteiger partial charge in [0.2, 0.25) is 0 Å². The van der Waals surface area contributed by atoms with Gasteiger partial charge in [0.05, 0.1) is 18.2 Å². The molecule has 1 unspecified atom stereocenters. The molecular formula is C29H34N2O5. The maximum absolute atomic E-state index is 13.3. The molecule has 36 heavy (non-hydrogen) atoms. The normalized spacial score (nSPS) is 17.3. The van der Waals surface area contributed by atoms with E-state index in [1.165, 1.54) is 0 Å². The van der Waals surface area contributed by atoms with Gasteiger partial charge in [0.1, 0.15) is 11.5 Å². The van der Waals surface area contributed by atoms with Gasteiger partial charge in [-0.3, -0.25) is 9.59 Å². The summed E-state index contributed by atoms with van der Waals surface area (Å²) in [6, 6.07) is 14.2. The van der Waals surface area contributed by atoms with E-state index < -0.39 is 17.7 Å². The SMILES string of the molecule is CCCCCOc1ccc(/C(O)=C2\C(=O)C(=O)N(CCCOC)C2c2cn(C)c3ccccc23)cc1. The van der Waals surface area contributed by atoms with E-state index in [2.05, 4.69) is 6.92 Å². The minimum absolute atomic E-state index is 0.102. The van der Waals surface area contributed by atoms with E-state index in [9.17, 15) is 14.7 Å². The van der Waals surface area contributed by atoms with Crippen LogP contribution in [0.4, 0.5) is 0 Å². The summed E-state index contributed by atoms with van der Waals surface area (Å²) >= 11 is 0. The Morgan fingerprint density at radius 3 is 2.47 bits per heavy atom. The number of methoxy groups -OCH3 is 1. The second-order valence-corrected chi connectivity index (χ2v) is 9.13. The molecule has 0 saturated carbocycles. The topological polar surface area (TPSA) is 81.0 Å².